The molecule has 134 valence electrons. The van der Waals surface area contributed by atoms with E-state index in [2.05, 4.69) is 10.0 Å². The minimum absolute atomic E-state index is 0.104. The highest BCUT2D eigenvalue weighted by molar-refractivity contribution is 7.89. The van der Waals surface area contributed by atoms with E-state index in [0.717, 1.165) is 24.0 Å². The van der Waals surface area contributed by atoms with Crippen molar-refractivity contribution < 1.29 is 13.2 Å². The number of rotatable bonds is 8. The minimum atomic E-state index is -3.59. The Bertz CT molecular complexity index is 832. The Morgan fingerprint density at radius 2 is 1.84 bits per heavy atom. The molecule has 6 heteroatoms. The van der Waals surface area contributed by atoms with Crippen LogP contribution in [0.15, 0.2) is 53.4 Å². The predicted octanol–water partition coefficient (Wildman–Crippen LogP) is 3.00. The number of amides is 1. The van der Waals surface area contributed by atoms with E-state index in [-0.39, 0.29) is 10.8 Å². The second-order valence-corrected chi connectivity index (χ2v) is 7.72. The fourth-order valence-corrected chi connectivity index (χ4v) is 3.50. The van der Waals surface area contributed by atoms with Gasteiger partial charge in [-0.15, -0.1) is 0 Å². The molecule has 2 aromatic carbocycles. The van der Waals surface area contributed by atoms with Gasteiger partial charge in [0.2, 0.25) is 10.0 Å². The lowest BCUT2D eigenvalue weighted by Crippen LogP contribution is -2.26. The lowest BCUT2D eigenvalue weighted by molar-refractivity contribution is 0.0950. The summed E-state index contributed by atoms with van der Waals surface area (Å²) in [6.07, 6.45) is 1.68. The Kier molecular flexibility index (Phi) is 6.73. The molecule has 2 N–H and O–H groups in total. The van der Waals surface area contributed by atoms with Gasteiger partial charge in [-0.05, 0) is 37.1 Å². The van der Waals surface area contributed by atoms with Gasteiger partial charge in [0.25, 0.3) is 5.91 Å². The third kappa shape index (κ3) is 5.69. The van der Waals surface area contributed by atoms with Crippen LogP contribution in [-0.2, 0) is 16.6 Å². The molecule has 5 nitrogen and oxygen atoms in total. The van der Waals surface area contributed by atoms with Crippen LogP contribution in [0.25, 0.3) is 0 Å². The topological polar surface area (TPSA) is 75.3 Å². The smallest absolute Gasteiger partial charge is 0.251 e. The van der Waals surface area contributed by atoms with Crippen molar-refractivity contribution in [3.05, 3.63) is 65.2 Å². The molecule has 0 heterocycles. The summed E-state index contributed by atoms with van der Waals surface area (Å²) in [4.78, 5) is 12.4. The molecule has 0 spiro atoms. The van der Waals surface area contributed by atoms with Gasteiger partial charge < -0.3 is 5.32 Å². The third-order valence-electron chi connectivity index (χ3n) is 3.76. The van der Waals surface area contributed by atoms with Crippen molar-refractivity contribution in [3.8, 4) is 0 Å². The molecule has 0 aliphatic carbocycles. The fraction of sp³-hybridized carbons (Fsp3) is 0.316. The summed E-state index contributed by atoms with van der Waals surface area (Å²) >= 11 is 0. The molecule has 1 amide bonds. The van der Waals surface area contributed by atoms with E-state index in [1.54, 1.807) is 12.1 Å². The molecule has 2 rings (SSSR count). The first-order valence-electron chi connectivity index (χ1n) is 8.36. The molecule has 2 aromatic rings. The molecule has 25 heavy (non-hydrogen) atoms. The first-order valence-corrected chi connectivity index (χ1v) is 9.84. The van der Waals surface area contributed by atoms with Crippen LogP contribution in [-0.4, -0.2) is 20.9 Å². The van der Waals surface area contributed by atoms with E-state index in [1.165, 1.54) is 12.1 Å². The maximum absolute atomic E-state index is 12.3. The molecule has 0 aromatic heterocycles. The van der Waals surface area contributed by atoms with Gasteiger partial charge in [-0.3, -0.25) is 4.79 Å². The molecule has 0 aliphatic heterocycles. The van der Waals surface area contributed by atoms with Gasteiger partial charge in [0.15, 0.2) is 0 Å². The quantitative estimate of drug-likeness (QED) is 0.711. The number of sulfonamides is 1. The minimum Gasteiger partial charge on any atom is -0.348 e. The SMILES string of the molecule is CCCCNS(=O)(=O)c1cccc(C(=O)NCc2cccc(C)c2)c1. The van der Waals surface area contributed by atoms with E-state index in [9.17, 15) is 13.2 Å². The summed E-state index contributed by atoms with van der Waals surface area (Å²) < 4.78 is 27.1. The summed E-state index contributed by atoms with van der Waals surface area (Å²) in [5, 5.41) is 2.82. The highest BCUT2D eigenvalue weighted by atomic mass is 32.2. The van der Waals surface area contributed by atoms with Crippen molar-refractivity contribution in [1.29, 1.82) is 0 Å². The van der Waals surface area contributed by atoms with Gasteiger partial charge in [0, 0.05) is 18.7 Å². The highest BCUT2D eigenvalue weighted by Gasteiger charge is 2.15. The summed E-state index contributed by atoms with van der Waals surface area (Å²) in [6.45, 7) is 4.77. The van der Waals surface area contributed by atoms with Gasteiger partial charge in [-0.25, -0.2) is 13.1 Å². The molecular weight excluding hydrogens is 336 g/mol. The van der Waals surface area contributed by atoms with Gasteiger partial charge in [-0.1, -0.05) is 49.2 Å². The van der Waals surface area contributed by atoms with Crippen molar-refractivity contribution >= 4 is 15.9 Å². The normalized spacial score (nSPS) is 11.3. The molecule has 0 unspecified atom stereocenters. The van der Waals surface area contributed by atoms with Gasteiger partial charge in [0.05, 0.1) is 4.90 Å². The van der Waals surface area contributed by atoms with Crippen LogP contribution < -0.4 is 10.0 Å². The van der Waals surface area contributed by atoms with Crippen LogP contribution >= 0.6 is 0 Å². The standard InChI is InChI=1S/C19H24N2O3S/c1-3-4-11-21-25(23,24)18-10-6-9-17(13-18)19(22)20-14-16-8-5-7-15(2)12-16/h5-10,12-13,21H,3-4,11,14H2,1-2H3,(H,20,22). The third-order valence-corrected chi connectivity index (χ3v) is 5.22. The average molecular weight is 360 g/mol. The highest BCUT2D eigenvalue weighted by Crippen LogP contribution is 2.12. The van der Waals surface area contributed by atoms with Gasteiger partial charge >= 0.3 is 0 Å². The van der Waals surface area contributed by atoms with Crippen molar-refractivity contribution in [3.63, 3.8) is 0 Å². The van der Waals surface area contributed by atoms with Crippen molar-refractivity contribution in [2.45, 2.75) is 38.1 Å². The van der Waals surface area contributed by atoms with Crippen LogP contribution in [0.4, 0.5) is 0 Å². The number of carbonyl (C=O) groups excluding carboxylic acids is 1. The lowest BCUT2D eigenvalue weighted by atomic mass is 10.1. The molecule has 0 aliphatic rings. The van der Waals surface area contributed by atoms with E-state index >= 15 is 0 Å². The van der Waals surface area contributed by atoms with E-state index in [4.69, 9.17) is 0 Å². The number of unbranched alkanes of at least 4 members (excludes halogenated alkanes) is 1. The first kappa shape index (κ1) is 19.1. The Morgan fingerprint density at radius 1 is 1.08 bits per heavy atom. The maximum Gasteiger partial charge on any atom is 0.251 e. The summed E-state index contributed by atoms with van der Waals surface area (Å²) in [5.41, 5.74) is 2.45. The number of carbonyl (C=O) groups is 1. The maximum atomic E-state index is 12.3. The largest absolute Gasteiger partial charge is 0.348 e. The molecule has 0 fully saturated rings. The second-order valence-electron chi connectivity index (χ2n) is 5.95. The van der Waals surface area contributed by atoms with Crippen LogP contribution in [0.5, 0.6) is 0 Å². The Morgan fingerprint density at radius 3 is 2.56 bits per heavy atom. The monoisotopic (exact) mass is 360 g/mol. The molecular formula is C19H24N2O3S. The van der Waals surface area contributed by atoms with Gasteiger partial charge in [-0.2, -0.15) is 0 Å². The van der Waals surface area contributed by atoms with Crippen molar-refractivity contribution in [1.82, 2.24) is 10.0 Å². The number of hydrogen-bond donors (Lipinski definition) is 2. The lowest BCUT2D eigenvalue weighted by Gasteiger charge is -2.09. The average Bonchev–Trinajstić information content (AvgIpc) is 2.60. The summed E-state index contributed by atoms with van der Waals surface area (Å²) in [5.74, 6) is -0.299. The molecule has 0 saturated heterocycles. The first-order chi connectivity index (χ1) is 11.9. The predicted molar refractivity (Wildman–Crippen MR) is 98.9 cm³/mol. The zero-order chi connectivity index (χ0) is 18.3. The van der Waals surface area contributed by atoms with Crippen LogP contribution in [0.2, 0.25) is 0 Å². The van der Waals surface area contributed by atoms with E-state index in [0.29, 0.717) is 18.7 Å². The Labute approximate surface area is 149 Å². The van der Waals surface area contributed by atoms with Crippen LogP contribution in [0.3, 0.4) is 0 Å². The van der Waals surface area contributed by atoms with Crippen molar-refractivity contribution in [2.24, 2.45) is 0 Å². The number of aryl methyl sites for hydroxylation is 1. The van der Waals surface area contributed by atoms with Gasteiger partial charge in [0.1, 0.15) is 0 Å². The number of benzene rings is 2. The summed E-state index contributed by atoms with van der Waals surface area (Å²) in [7, 11) is -3.59. The molecule has 0 saturated carbocycles. The Hall–Kier alpha value is -2.18. The van der Waals surface area contributed by atoms with Crippen LogP contribution in [0, 0.1) is 6.92 Å². The fourth-order valence-electron chi connectivity index (χ4n) is 2.38. The van der Waals surface area contributed by atoms with Crippen LogP contribution in [0.1, 0.15) is 41.3 Å². The zero-order valence-electron chi connectivity index (χ0n) is 14.6. The number of nitrogens with one attached hydrogen (secondary N) is 2. The molecule has 0 atom stereocenters. The molecule has 0 radical (unpaired) electrons. The zero-order valence-corrected chi connectivity index (χ0v) is 15.4. The van der Waals surface area contributed by atoms with E-state index in [1.807, 2.05) is 38.1 Å². The Balaban J connectivity index is 2.05. The second kappa shape index (κ2) is 8.78. The number of hydrogen-bond acceptors (Lipinski definition) is 3. The van der Waals surface area contributed by atoms with E-state index < -0.39 is 10.0 Å². The van der Waals surface area contributed by atoms with Crippen molar-refractivity contribution in [2.75, 3.05) is 6.54 Å². The molecule has 0 bridgehead atoms. The summed E-state index contributed by atoms with van der Waals surface area (Å²) in [6, 6.07) is 13.9.